The predicted molar refractivity (Wildman–Crippen MR) is 80.6 cm³/mol. The zero-order chi connectivity index (χ0) is 16.7. The first kappa shape index (κ1) is 17.2. The van der Waals surface area contributed by atoms with Gasteiger partial charge in [0.1, 0.15) is 6.61 Å². The zero-order valence-electron chi connectivity index (χ0n) is 13.0. The monoisotopic (exact) mass is 323 g/mol. The molecule has 2 rings (SSSR count). The fourth-order valence-electron chi connectivity index (χ4n) is 1.82. The van der Waals surface area contributed by atoms with Crippen LogP contribution < -0.4 is 5.32 Å². The molecule has 7 nitrogen and oxygen atoms in total. The molecule has 2 atom stereocenters. The standard InChI is InChI=1S/C16H21NO6/c1-16(11-23-16)7-8-21-14(19)13(9-18)17-15(20)22-10-12-5-3-2-4-6-12/h2-6,13,18H,7-11H2,1H3,(H,17,20)/t13-,16?/m0/s1. The largest absolute Gasteiger partial charge is 0.464 e. The van der Waals surface area contributed by atoms with E-state index in [9.17, 15) is 14.7 Å². The highest BCUT2D eigenvalue weighted by Crippen LogP contribution is 2.29. The van der Waals surface area contributed by atoms with E-state index in [1.165, 1.54) is 0 Å². The number of epoxide rings is 1. The minimum Gasteiger partial charge on any atom is -0.464 e. The number of benzene rings is 1. The number of alkyl carbamates (subject to hydrolysis) is 1. The first-order valence-electron chi connectivity index (χ1n) is 7.41. The van der Waals surface area contributed by atoms with Crippen molar-refractivity contribution in [3.8, 4) is 0 Å². The van der Waals surface area contributed by atoms with Gasteiger partial charge in [-0.1, -0.05) is 30.3 Å². The van der Waals surface area contributed by atoms with E-state index in [4.69, 9.17) is 14.2 Å². The summed E-state index contributed by atoms with van der Waals surface area (Å²) in [6, 6.07) is 7.99. The molecule has 0 radical (unpaired) electrons. The van der Waals surface area contributed by atoms with Crippen molar-refractivity contribution >= 4 is 12.1 Å². The minimum atomic E-state index is -1.15. The average Bonchev–Trinajstić information content (AvgIpc) is 3.29. The third-order valence-electron chi connectivity index (χ3n) is 3.48. The van der Waals surface area contributed by atoms with Crippen LogP contribution in [0.2, 0.25) is 0 Å². The molecule has 1 unspecified atom stereocenters. The molecule has 1 aromatic rings. The number of carbonyl (C=O) groups is 2. The Morgan fingerprint density at radius 3 is 2.65 bits per heavy atom. The lowest BCUT2D eigenvalue weighted by molar-refractivity contribution is -0.147. The Balaban J connectivity index is 1.69. The van der Waals surface area contributed by atoms with Gasteiger partial charge in [0.05, 0.1) is 25.4 Å². The fraction of sp³-hybridized carbons (Fsp3) is 0.500. The van der Waals surface area contributed by atoms with E-state index in [1.807, 2.05) is 37.3 Å². The molecule has 1 aromatic carbocycles. The summed E-state index contributed by atoms with van der Waals surface area (Å²) in [6.45, 7) is 2.26. The SMILES string of the molecule is CC1(CCOC(=O)[C@H](CO)NC(=O)OCc2ccccc2)CO1. The molecule has 126 valence electrons. The molecule has 23 heavy (non-hydrogen) atoms. The highest BCUT2D eigenvalue weighted by Gasteiger charge is 2.39. The lowest BCUT2D eigenvalue weighted by Gasteiger charge is -2.16. The normalized spacial score (nSPS) is 20.4. The van der Waals surface area contributed by atoms with Crippen LogP contribution in [0.5, 0.6) is 0 Å². The number of ether oxygens (including phenoxy) is 3. The van der Waals surface area contributed by atoms with Gasteiger partial charge in [0.25, 0.3) is 0 Å². The van der Waals surface area contributed by atoms with E-state index in [0.29, 0.717) is 13.0 Å². The second-order valence-corrected chi connectivity index (χ2v) is 5.60. The molecular formula is C16H21NO6. The van der Waals surface area contributed by atoms with Crippen LogP contribution in [0.1, 0.15) is 18.9 Å². The summed E-state index contributed by atoms with van der Waals surface area (Å²) in [5.74, 6) is -0.701. The van der Waals surface area contributed by atoms with Crippen LogP contribution in [0.3, 0.4) is 0 Å². The Bertz CT molecular complexity index is 529. The van der Waals surface area contributed by atoms with E-state index in [2.05, 4.69) is 5.32 Å². The predicted octanol–water partition coefficient (Wildman–Crippen LogP) is 0.996. The number of hydrogen-bond donors (Lipinski definition) is 2. The van der Waals surface area contributed by atoms with Crippen LogP contribution in [-0.4, -0.2) is 48.6 Å². The maximum atomic E-state index is 11.8. The van der Waals surface area contributed by atoms with Gasteiger partial charge in [-0.05, 0) is 12.5 Å². The molecule has 1 saturated heterocycles. The van der Waals surface area contributed by atoms with Crippen LogP contribution in [0.15, 0.2) is 30.3 Å². The van der Waals surface area contributed by atoms with E-state index in [1.54, 1.807) is 0 Å². The first-order chi connectivity index (χ1) is 11.0. The summed E-state index contributed by atoms with van der Waals surface area (Å²) in [7, 11) is 0. The number of nitrogens with one attached hydrogen (secondary N) is 1. The van der Waals surface area contributed by atoms with Gasteiger partial charge in [-0.25, -0.2) is 9.59 Å². The van der Waals surface area contributed by atoms with Crippen molar-refractivity contribution in [1.82, 2.24) is 5.32 Å². The zero-order valence-corrected chi connectivity index (χ0v) is 13.0. The van der Waals surface area contributed by atoms with Crippen LogP contribution in [0, 0.1) is 0 Å². The second kappa shape index (κ2) is 7.94. The third-order valence-corrected chi connectivity index (χ3v) is 3.48. The van der Waals surface area contributed by atoms with Crippen LogP contribution >= 0.6 is 0 Å². The summed E-state index contributed by atoms with van der Waals surface area (Å²) >= 11 is 0. The maximum absolute atomic E-state index is 11.8. The second-order valence-electron chi connectivity index (χ2n) is 5.60. The van der Waals surface area contributed by atoms with Crippen molar-refractivity contribution in [3.63, 3.8) is 0 Å². The Kier molecular flexibility index (Phi) is 5.95. The lowest BCUT2D eigenvalue weighted by Crippen LogP contribution is -2.44. The maximum Gasteiger partial charge on any atom is 0.408 e. The Morgan fingerprint density at radius 2 is 2.04 bits per heavy atom. The number of rotatable bonds is 8. The molecule has 1 aliphatic rings. The number of aliphatic hydroxyl groups is 1. The summed E-state index contributed by atoms with van der Waals surface area (Å²) in [4.78, 5) is 23.5. The third kappa shape index (κ3) is 5.88. The van der Waals surface area contributed by atoms with Gasteiger partial charge in [-0.2, -0.15) is 0 Å². The van der Waals surface area contributed by atoms with Gasteiger partial charge >= 0.3 is 12.1 Å². The van der Waals surface area contributed by atoms with Gasteiger partial charge in [-0.3, -0.25) is 0 Å². The highest BCUT2D eigenvalue weighted by atomic mass is 16.6. The molecule has 2 N–H and O–H groups in total. The van der Waals surface area contributed by atoms with Crippen molar-refractivity contribution in [1.29, 1.82) is 0 Å². The first-order valence-corrected chi connectivity index (χ1v) is 7.41. The van der Waals surface area contributed by atoms with Crippen molar-refractivity contribution in [2.75, 3.05) is 19.8 Å². The van der Waals surface area contributed by atoms with E-state index in [0.717, 1.165) is 5.56 Å². The highest BCUT2D eigenvalue weighted by molar-refractivity contribution is 5.81. The summed E-state index contributed by atoms with van der Waals surface area (Å²) in [5, 5.41) is 11.5. The van der Waals surface area contributed by atoms with E-state index < -0.39 is 24.7 Å². The molecule has 0 aromatic heterocycles. The number of amides is 1. The topological polar surface area (TPSA) is 97.4 Å². The Morgan fingerprint density at radius 1 is 1.35 bits per heavy atom. The Hall–Kier alpha value is -2.12. The minimum absolute atomic E-state index is 0.0789. The van der Waals surface area contributed by atoms with Crippen LogP contribution in [0.25, 0.3) is 0 Å². The van der Waals surface area contributed by atoms with Crippen molar-refractivity contribution in [2.24, 2.45) is 0 Å². The van der Waals surface area contributed by atoms with Gasteiger partial charge in [0, 0.05) is 6.42 Å². The lowest BCUT2D eigenvalue weighted by atomic mass is 10.1. The summed E-state index contributed by atoms with van der Waals surface area (Å²) in [5.41, 5.74) is 0.611. The van der Waals surface area contributed by atoms with Gasteiger partial charge in [0.15, 0.2) is 6.04 Å². The average molecular weight is 323 g/mol. The van der Waals surface area contributed by atoms with Crippen molar-refractivity contribution < 1.29 is 28.9 Å². The fourth-order valence-corrected chi connectivity index (χ4v) is 1.82. The molecule has 0 saturated carbocycles. The smallest absolute Gasteiger partial charge is 0.408 e. The molecule has 1 amide bonds. The molecule has 0 bridgehead atoms. The van der Waals surface area contributed by atoms with Gasteiger partial charge in [-0.15, -0.1) is 0 Å². The molecule has 7 heteroatoms. The van der Waals surface area contributed by atoms with E-state index in [-0.39, 0.29) is 18.8 Å². The quantitative estimate of drug-likeness (QED) is 0.547. The number of esters is 1. The summed E-state index contributed by atoms with van der Waals surface area (Å²) < 4.78 is 15.2. The molecule has 0 spiro atoms. The van der Waals surface area contributed by atoms with Crippen LogP contribution in [-0.2, 0) is 25.6 Å². The Labute approximate surface area is 134 Å². The molecule has 1 aliphatic heterocycles. The van der Waals surface area contributed by atoms with Gasteiger partial charge in [0.2, 0.25) is 0 Å². The molecule has 0 aliphatic carbocycles. The van der Waals surface area contributed by atoms with Crippen molar-refractivity contribution in [3.05, 3.63) is 35.9 Å². The molecule has 1 heterocycles. The number of aliphatic hydroxyl groups excluding tert-OH is 1. The molecule has 1 fully saturated rings. The van der Waals surface area contributed by atoms with Crippen molar-refractivity contribution in [2.45, 2.75) is 31.6 Å². The number of hydrogen-bond acceptors (Lipinski definition) is 6. The number of carbonyl (C=O) groups excluding carboxylic acids is 2. The summed E-state index contributed by atoms with van der Waals surface area (Å²) in [6.07, 6.45) is -0.211. The van der Waals surface area contributed by atoms with Crippen LogP contribution in [0.4, 0.5) is 4.79 Å². The van der Waals surface area contributed by atoms with Gasteiger partial charge < -0.3 is 24.6 Å². The van der Waals surface area contributed by atoms with E-state index >= 15 is 0 Å². The molecular weight excluding hydrogens is 302 g/mol.